The Hall–Kier alpha value is -2.27. The van der Waals surface area contributed by atoms with Gasteiger partial charge in [-0.05, 0) is 61.8 Å². The molecule has 0 saturated carbocycles. The van der Waals surface area contributed by atoms with Crippen molar-refractivity contribution in [2.24, 2.45) is 0 Å². The minimum Gasteiger partial charge on any atom is -0.494 e. The Bertz CT molecular complexity index is 696. The van der Waals surface area contributed by atoms with Crippen LogP contribution in [-0.4, -0.2) is 24.8 Å². The zero-order valence-electron chi connectivity index (χ0n) is 14.6. The molecule has 0 amide bonds. The second kappa shape index (κ2) is 8.72. The van der Waals surface area contributed by atoms with Crippen molar-refractivity contribution in [3.63, 3.8) is 0 Å². The van der Waals surface area contributed by atoms with E-state index in [0.29, 0.717) is 18.3 Å². The summed E-state index contributed by atoms with van der Waals surface area (Å²) in [7, 11) is 0. The van der Waals surface area contributed by atoms with Gasteiger partial charge in [-0.25, -0.2) is 0 Å². The van der Waals surface area contributed by atoms with Gasteiger partial charge >= 0.3 is 0 Å². The van der Waals surface area contributed by atoms with Crippen LogP contribution < -0.4 is 20.3 Å². The maximum absolute atomic E-state index is 5.50. The number of hydrogen-bond acceptors (Lipinski definition) is 3. The first kappa shape index (κ1) is 17.5. The number of ether oxygens (including phenoxy) is 1. The highest BCUT2D eigenvalue weighted by Gasteiger charge is 2.11. The first-order valence-electron chi connectivity index (χ1n) is 8.86. The van der Waals surface area contributed by atoms with Gasteiger partial charge in [-0.2, -0.15) is 0 Å². The smallest absolute Gasteiger partial charge is 0.171 e. The van der Waals surface area contributed by atoms with Gasteiger partial charge in [0.25, 0.3) is 0 Å². The Balaban J connectivity index is 1.49. The van der Waals surface area contributed by atoms with Crippen LogP contribution in [0.1, 0.15) is 25.3 Å². The quantitative estimate of drug-likeness (QED) is 0.761. The van der Waals surface area contributed by atoms with E-state index in [1.807, 2.05) is 31.2 Å². The Morgan fingerprint density at radius 2 is 1.88 bits per heavy atom. The summed E-state index contributed by atoms with van der Waals surface area (Å²) in [6, 6.07) is 16.5. The molecular formula is C20H25N3OS. The van der Waals surface area contributed by atoms with Crippen LogP contribution in [0.4, 0.5) is 11.4 Å². The highest BCUT2D eigenvalue weighted by atomic mass is 32.1. The lowest BCUT2D eigenvalue weighted by Crippen LogP contribution is -2.27. The van der Waals surface area contributed by atoms with Crippen molar-refractivity contribution in [2.45, 2.75) is 26.3 Å². The summed E-state index contributed by atoms with van der Waals surface area (Å²) >= 11 is 5.38. The van der Waals surface area contributed by atoms with E-state index in [1.165, 1.54) is 37.2 Å². The molecule has 2 aromatic carbocycles. The van der Waals surface area contributed by atoms with Crippen molar-refractivity contribution < 1.29 is 4.74 Å². The molecule has 0 spiro atoms. The van der Waals surface area contributed by atoms with Gasteiger partial charge < -0.3 is 20.3 Å². The number of benzene rings is 2. The van der Waals surface area contributed by atoms with Crippen molar-refractivity contribution in [1.29, 1.82) is 0 Å². The zero-order valence-corrected chi connectivity index (χ0v) is 15.4. The molecule has 0 radical (unpaired) electrons. The molecule has 3 rings (SSSR count). The molecule has 0 aromatic heterocycles. The van der Waals surface area contributed by atoms with Gasteiger partial charge in [-0.1, -0.05) is 18.2 Å². The number of anilines is 2. The SMILES string of the molecule is CCOc1cccc(NC(=S)NCc2ccc(N3CCCC3)cc2)c1. The van der Waals surface area contributed by atoms with Crippen LogP contribution in [0.2, 0.25) is 0 Å². The summed E-state index contributed by atoms with van der Waals surface area (Å²) in [4.78, 5) is 2.44. The monoisotopic (exact) mass is 355 g/mol. The average Bonchev–Trinajstić information content (AvgIpc) is 3.16. The number of thiocarbonyl (C=S) groups is 1. The lowest BCUT2D eigenvalue weighted by Gasteiger charge is -2.18. The van der Waals surface area contributed by atoms with E-state index in [9.17, 15) is 0 Å². The van der Waals surface area contributed by atoms with E-state index in [2.05, 4.69) is 39.8 Å². The number of rotatable bonds is 6. The maximum Gasteiger partial charge on any atom is 0.171 e. The van der Waals surface area contributed by atoms with Crippen molar-refractivity contribution in [2.75, 3.05) is 29.9 Å². The molecule has 5 heteroatoms. The molecule has 1 saturated heterocycles. The number of nitrogens with one attached hydrogen (secondary N) is 2. The fourth-order valence-corrected chi connectivity index (χ4v) is 3.18. The summed E-state index contributed by atoms with van der Waals surface area (Å²) in [5.41, 5.74) is 3.46. The van der Waals surface area contributed by atoms with E-state index >= 15 is 0 Å². The van der Waals surface area contributed by atoms with Gasteiger partial charge in [0.05, 0.1) is 6.61 Å². The minimum atomic E-state index is 0.609. The third-order valence-electron chi connectivity index (χ3n) is 4.26. The van der Waals surface area contributed by atoms with Crippen LogP contribution >= 0.6 is 12.2 Å². The highest BCUT2D eigenvalue weighted by Crippen LogP contribution is 2.20. The second-order valence-electron chi connectivity index (χ2n) is 6.13. The molecule has 0 unspecified atom stereocenters. The topological polar surface area (TPSA) is 36.5 Å². The van der Waals surface area contributed by atoms with Crippen LogP contribution in [0.5, 0.6) is 5.75 Å². The molecule has 25 heavy (non-hydrogen) atoms. The van der Waals surface area contributed by atoms with Crippen molar-refractivity contribution >= 4 is 28.7 Å². The predicted octanol–water partition coefficient (Wildman–Crippen LogP) is 4.17. The molecule has 2 N–H and O–H groups in total. The molecule has 0 bridgehead atoms. The van der Waals surface area contributed by atoms with Gasteiger partial charge in [0.2, 0.25) is 0 Å². The van der Waals surface area contributed by atoms with E-state index < -0.39 is 0 Å². The van der Waals surface area contributed by atoms with Crippen LogP contribution in [0.25, 0.3) is 0 Å². The van der Waals surface area contributed by atoms with Gasteiger partial charge in [-0.15, -0.1) is 0 Å². The van der Waals surface area contributed by atoms with Gasteiger partial charge in [-0.3, -0.25) is 0 Å². The van der Waals surface area contributed by atoms with E-state index in [4.69, 9.17) is 17.0 Å². The molecule has 1 aliphatic heterocycles. The minimum absolute atomic E-state index is 0.609. The largest absolute Gasteiger partial charge is 0.494 e. The molecule has 0 atom stereocenters. The summed E-state index contributed by atoms with van der Waals surface area (Å²) < 4.78 is 5.50. The molecule has 2 aromatic rings. The molecule has 1 aliphatic rings. The average molecular weight is 356 g/mol. The fraction of sp³-hybridized carbons (Fsp3) is 0.350. The maximum atomic E-state index is 5.50. The van der Waals surface area contributed by atoms with E-state index in [-0.39, 0.29) is 0 Å². The normalized spacial score (nSPS) is 13.6. The lowest BCUT2D eigenvalue weighted by molar-refractivity contribution is 0.340. The molecule has 1 fully saturated rings. The third kappa shape index (κ3) is 5.10. The Morgan fingerprint density at radius 3 is 2.60 bits per heavy atom. The number of nitrogens with zero attached hydrogens (tertiary/aromatic N) is 1. The Kier molecular flexibility index (Phi) is 6.12. The lowest BCUT2D eigenvalue weighted by atomic mass is 10.2. The van der Waals surface area contributed by atoms with Crippen molar-refractivity contribution in [1.82, 2.24) is 5.32 Å². The highest BCUT2D eigenvalue weighted by molar-refractivity contribution is 7.80. The predicted molar refractivity (Wildman–Crippen MR) is 109 cm³/mol. The van der Waals surface area contributed by atoms with Crippen LogP contribution in [0.3, 0.4) is 0 Å². The van der Waals surface area contributed by atoms with Gasteiger partial charge in [0.15, 0.2) is 5.11 Å². The summed E-state index contributed by atoms with van der Waals surface area (Å²) in [5.74, 6) is 0.841. The van der Waals surface area contributed by atoms with Crippen LogP contribution in [0.15, 0.2) is 48.5 Å². The van der Waals surface area contributed by atoms with Crippen molar-refractivity contribution in [3.05, 3.63) is 54.1 Å². The Morgan fingerprint density at radius 1 is 1.12 bits per heavy atom. The first-order valence-corrected chi connectivity index (χ1v) is 9.27. The standard InChI is InChI=1S/C20H25N3OS/c1-2-24-19-7-5-6-17(14-19)22-20(25)21-15-16-8-10-18(11-9-16)23-12-3-4-13-23/h5-11,14H,2-4,12-13,15H2,1H3,(H2,21,22,25). The van der Waals surface area contributed by atoms with Gasteiger partial charge in [0, 0.05) is 37.1 Å². The van der Waals surface area contributed by atoms with E-state index in [0.717, 1.165) is 11.4 Å². The first-order chi connectivity index (χ1) is 12.2. The third-order valence-corrected chi connectivity index (χ3v) is 4.51. The summed E-state index contributed by atoms with van der Waals surface area (Å²) in [5, 5.41) is 7.06. The molecule has 0 aliphatic carbocycles. The molecule has 4 nitrogen and oxygen atoms in total. The van der Waals surface area contributed by atoms with Crippen molar-refractivity contribution in [3.8, 4) is 5.75 Å². The molecule has 1 heterocycles. The summed E-state index contributed by atoms with van der Waals surface area (Å²) in [6.45, 7) is 5.68. The summed E-state index contributed by atoms with van der Waals surface area (Å²) in [6.07, 6.45) is 2.60. The molecular weight excluding hydrogens is 330 g/mol. The fourth-order valence-electron chi connectivity index (χ4n) is 2.99. The molecule has 132 valence electrons. The number of hydrogen-bond donors (Lipinski definition) is 2. The Labute approximate surface area is 155 Å². The second-order valence-corrected chi connectivity index (χ2v) is 6.54. The van der Waals surface area contributed by atoms with Crippen LogP contribution in [0, 0.1) is 0 Å². The zero-order chi connectivity index (χ0) is 17.5. The van der Waals surface area contributed by atoms with Crippen LogP contribution in [-0.2, 0) is 6.54 Å². The van der Waals surface area contributed by atoms with E-state index in [1.54, 1.807) is 0 Å². The van der Waals surface area contributed by atoms with Gasteiger partial charge in [0.1, 0.15) is 5.75 Å².